The average molecular weight is 401 g/mol. The quantitative estimate of drug-likeness (QED) is 0.685. The Morgan fingerprint density at radius 3 is 2.69 bits per heavy atom. The van der Waals surface area contributed by atoms with Gasteiger partial charge in [-0.15, -0.1) is 0 Å². The fourth-order valence-electron chi connectivity index (χ4n) is 3.74. The van der Waals surface area contributed by atoms with Gasteiger partial charge in [0, 0.05) is 18.2 Å². The minimum atomic E-state index is -1.08. The van der Waals surface area contributed by atoms with Crippen molar-refractivity contribution < 1.29 is 24.1 Å². The number of likely N-dealkylation sites (tertiary alicyclic amines) is 1. The van der Waals surface area contributed by atoms with Gasteiger partial charge >= 0.3 is 0 Å². The standard InChI is InChI=1S/C23H28FNO4/c1-2-3-4-12-23(28)13-14-25(22(27)17-8-10-19(26)11-9-17)16-21(23)29-20-7-5-6-18(24)15-20/h5-11,15,21,26,28H,2-4,12-14,16H2,1H3/t21-,23-/m0/s1. The van der Waals surface area contributed by atoms with Gasteiger partial charge in [0.25, 0.3) is 5.91 Å². The number of benzene rings is 2. The van der Waals surface area contributed by atoms with Crippen LogP contribution in [0.3, 0.4) is 0 Å². The minimum absolute atomic E-state index is 0.0952. The molecule has 0 saturated carbocycles. The van der Waals surface area contributed by atoms with Gasteiger partial charge in [0.15, 0.2) is 0 Å². The summed E-state index contributed by atoms with van der Waals surface area (Å²) in [6.07, 6.45) is 3.21. The molecule has 5 nitrogen and oxygen atoms in total. The first kappa shape index (κ1) is 21.1. The van der Waals surface area contributed by atoms with E-state index < -0.39 is 17.5 Å². The predicted octanol–water partition coefficient (Wildman–Crippen LogP) is 4.14. The molecule has 1 aliphatic rings. The van der Waals surface area contributed by atoms with Crippen LogP contribution in [-0.4, -0.2) is 45.8 Å². The van der Waals surface area contributed by atoms with Crippen molar-refractivity contribution in [3.63, 3.8) is 0 Å². The largest absolute Gasteiger partial charge is 0.508 e. The smallest absolute Gasteiger partial charge is 0.253 e. The summed E-state index contributed by atoms with van der Waals surface area (Å²) in [6.45, 7) is 2.72. The first-order chi connectivity index (χ1) is 13.9. The molecule has 0 aliphatic carbocycles. The number of halogens is 1. The Morgan fingerprint density at radius 1 is 1.24 bits per heavy atom. The number of ether oxygens (including phenoxy) is 1. The molecule has 2 aromatic rings. The zero-order valence-corrected chi connectivity index (χ0v) is 16.7. The SMILES string of the molecule is CCCCC[C@]1(O)CCN(C(=O)c2ccc(O)cc2)C[C@@H]1Oc1cccc(F)c1. The second-order valence-corrected chi connectivity index (χ2v) is 7.67. The van der Waals surface area contributed by atoms with Crippen LogP contribution >= 0.6 is 0 Å². The summed E-state index contributed by atoms with van der Waals surface area (Å²) in [5.41, 5.74) is -0.614. The van der Waals surface area contributed by atoms with Crippen LogP contribution in [0.25, 0.3) is 0 Å². The molecule has 3 rings (SSSR count). The number of unbranched alkanes of at least 4 members (excludes halogenated alkanes) is 2. The van der Waals surface area contributed by atoms with Crippen molar-refractivity contribution in [2.24, 2.45) is 0 Å². The number of piperidine rings is 1. The number of carbonyl (C=O) groups is 1. The van der Waals surface area contributed by atoms with Crippen molar-refractivity contribution in [1.82, 2.24) is 4.90 Å². The second-order valence-electron chi connectivity index (χ2n) is 7.67. The van der Waals surface area contributed by atoms with E-state index in [-0.39, 0.29) is 18.2 Å². The van der Waals surface area contributed by atoms with Gasteiger partial charge < -0.3 is 19.8 Å². The number of nitrogens with zero attached hydrogens (tertiary/aromatic N) is 1. The van der Waals surface area contributed by atoms with Crippen LogP contribution in [0.2, 0.25) is 0 Å². The van der Waals surface area contributed by atoms with E-state index in [0.717, 1.165) is 19.3 Å². The van der Waals surface area contributed by atoms with Crippen LogP contribution in [0.1, 0.15) is 49.4 Å². The number of phenolic OH excluding ortho intramolecular Hbond substituents is 1. The molecule has 6 heteroatoms. The first-order valence-electron chi connectivity index (χ1n) is 10.1. The zero-order chi connectivity index (χ0) is 20.9. The lowest BCUT2D eigenvalue weighted by atomic mass is 9.83. The lowest BCUT2D eigenvalue weighted by molar-refractivity contribution is -0.106. The summed E-state index contributed by atoms with van der Waals surface area (Å²) in [7, 11) is 0. The normalized spacial score (nSPS) is 21.8. The van der Waals surface area contributed by atoms with Gasteiger partial charge in [-0.25, -0.2) is 4.39 Å². The van der Waals surface area contributed by atoms with Gasteiger partial charge in [-0.3, -0.25) is 4.79 Å². The lowest BCUT2D eigenvalue weighted by Crippen LogP contribution is -2.59. The number of amides is 1. The Kier molecular flexibility index (Phi) is 6.75. The van der Waals surface area contributed by atoms with Gasteiger partial charge in [0.2, 0.25) is 0 Å². The first-order valence-corrected chi connectivity index (χ1v) is 10.1. The average Bonchev–Trinajstić information content (AvgIpc) is 2.70. The highest BCUT2D eigenvalue weighted by Gasteiger charge is 2.44. The van der Waals surface area contributed by atoms with Crippen LogP contribution in [-0.2, 0) is 0 Å². The van der Waals surface area contributed by atoms with Crippen molar-refractivity contribution in [1.29, 1.82) is 0 Å². The molecule has 1 fully saturated rings. The molecule has 2 aromatic carbocycles. The van der Waals surface area contributed by atoms with E-state index in [0.29, 0.717) is 30.7 Å². The predicted molar refractivity (Wildman–Crippen MR) is 109 cm³/mol. The van der Waals surface area contributed by atoms with Crippen LogP contribution < -0.4 is 4.74 Å². The number of hydrogen-bond donors (Lipinski definition) is 2. The maximum absolute atomic E-state index is 13.6. The Labute approximate surface area is 170 Å². The summed E-state index contributed by atoms with van der Waals surface area (Å²) in [5, 5.41) is 20.7. The van der Waals surface area contributed by atoms with E-state index >= 15 is 0 Å². The number of hydrogen-bond acceptors (Lipinski definition) is 4. The number of aromatic hydroxyl groups is 1. The van der Waals surface area contributed by atoms with E-state index in [1.165, 1.54) is 24.3 Å². The number of rotatable bonds is 7. The highest BCUT2D eigenvalue weighted by molar-refractivity contribution is 5.94. The number of phenols is 1. The van der Waals surface area contributed by atoms with Crippen molar-refractivity contribution in [3.05, 3.63) is 59.9 Å². The molecule has 156 valence electrons. The van der Waals surface area contributed by atoms with E-state index in [1.807, 2.05) is 0 Å². The van der Waals surface area contributed by atoms with Crippen molar-refractivity contribution in [3.8, 4) is 11.5 Å². The van der Waals surface area contributed by atoms with E-state index in [2.05, 4.69) is 6.92 Å². The van der Waals surface area contributed by atoms with Gasteiger partial charge in [-0.1, -0.05) is 32.3 Å². The highest BCUT2D eigenvalue weighted by atomic mass is 19.1. The topological polar surface area (TPSA) is 70.0 Å². The maximum atomic E-state index is 13.6. The van der Waals surface area contributed by atoms with E-state index in [1.54, 1.807) is 29.2 Å². The monoisotopic (exact) mass is 401 g/mol. The van der Waals surface area contributed by atoms with Crippen LogP contribution in [0, 0.1) is 5.82 Å². The molecule has 29 heavy (non-hydrogen) atoms. The molecular formula is C23H28FNO4. The lowest BCUT2D eigenvalue weighted by Gasteiger charge is -2.44. The molecule has 1 aliphatic heterocycles. The fourth-order valence-corrected chi connectivity index (χ4v) is 3.74. The maximum Gasteiger partial charge on any atom is 0.253 e. The molecule has 0 aromatic heterocycles. The van der Waals surface area contributed by atoms with E-state index in [9.17, 15) is 19.4 Å². The molecule has 1 heterocycles. The third kappa shape index (κ3) is 5.26. The van der Waals surface area contributed by atoms with Gasteiger partial charge in [0.05, 0.1) is 6.54 Å². The van der Waals surface area contributed by atoms with Gasteiger partial charge in [-0.05, 0) is 49.2 Å². The molecule has 1 saturated heterocycles. The number of aliphatic hydroxyl groups is 1. The molecule has 0 spiro atoms. The third-order valence-corrected chi connectivity index (χ3v) is 5.49. The Morgan fingerprint density at radius 2 is 2.00 bits per heavy atom. The molecule has 0 unspecified atom stereocenters. The molecule has 2 N–H and O–H groups in total. The molecule has 0 radical (unpaired) electrons. The van der Waals surface area contributed by atoms with Crippen LogP contribution in [0.15, 0.2) is 48.5 Å². The summed E-state index contributed by atoms with van der Waals surface area (Å²) >= 11 is 0. The third-order valence-electron chi connectivity index (χ3n) is 5.49. The summed E-state index contributed by atoms with van der Waals surface area (Å²) < 4.78 is 19.6. The van der Waals surface area contributed by atoms with Crippen molar-refractivity contribution in [2.75, 3.05) is 13.1 Å². The second kappa shape index (κ2) is 9.27. The summed E-state index contributed by atoms with van der Waals surface area (Å²) in [5.74, 6) is -0.168. The van der Waals surface area contributed by atoms with Gasteiger partial charge in [-0.2, -0.15) is 0 Å². The minimum Gasteiger partial charge on any atom is -0.508 e. The van der Waals surface area contributed by atoms with E-state index in [4.69, 9.17) is 4.74 Å². The van der Waals surface area contributed by atoms with Crippen molar-refractivity contribution in [2.45, 2.75) is 50.7 Å². The van der Waals surface area contributed by atoms with Gasteiger partial charge in [0.1, 0.15) is 29.0 Å². The van der Waals surface area contributed by atoms with Crippen molar-refractivity contribution >= 4 is 5.91 Å². The molecular weight excluding hydrogens is 373 g/mol. The zero-order valence-electron chi connectivity index (χ0n) is 16.7. The van der Waals surface area contributed by atoms with Crippen LogP contribution in [0.4, 0.5) is 4.39 Å². The molecule has 0 bridgehead atoms. The Balaban J connectivity index is 1.78. The highest BCUT2D eigenvalue weighted by Crippen LogP contribution is 2.32. The summed E-state index contributed by atoms with van der Waals surface area (Å²) in [4.78, 5) is 14.5. The molecule has 1 amide bonds. The fraction of sp³-hybridized carbons (Fsp3) is 0.435. The Bertz CT molecular complexity index is 826. The van der Waals surface area contributed by atoms with Crippen LogP contribution in [0.5, 0.6) is 11.5 Å². The number of carbonyl (C=O) groups excluding carboxylic acids is 1. The molecule has 2 atom stereocenters. The Hall–Kier alpha value is -2.60. The summed E-state index contributed by atoms with van der Waals surface area (Å²) in [6, 6.07) is 11.9.